The number of imide groups is 1. The van der Waals surface area contributed by atoms with Crippen molar-refractivity contribution in [2.24, 2.45) is 0 Å². The van der Waals surface area contributed by atoms with E-state index >= 15 is 0 Å². The highest BCUT2D eigenvalue weighted by Gasteiger charge is 2.25. The second kappa shape index (κ2) is 10.7. The van der Waals surface area contributed by atoms with Crippen LogP contribution in [0.5, 0.6) is 0 Å². The second-order valence-electron chi connectivity index (χ2n) is 8.41. The highest BCUT2D eigenvalue weighted by molar-refractivity contribution is 7.92. The third kappa shape index (κ3) is 6.34. The number of ether oxygens (including phenoxy) is 1. The van der Waals surface area contributed by atoms with Crippen LogP contribution in [0.4, 0.5) is 10.5 Å². The maximum atomic E-state index is 13.0. The fourth-order valence-corrected chi connectivity index (χ4v) is 5.14. The quantitative estimate of drug-likeness (QED) is 0.513. The van der Waals surface area contributed by atoms with Crippen LogP contribution >= 0.6 is 0 Å². The van der Waals surface area contributed by atoms with Gasteiger partial charge < -0.3 is 10.1 Å². The molecule has 1 aliphatic rings. The zero-order valence-corrected chi connectivity index (χ0v) is 20.2. The summed E-state index contributed by atoms with van der Waals surface area (Å²) in [4.78, 5) is 37.2. The summed E-state index contributed by atoms with van der Waals surface area (Å²) in [6.07, 6.45) is 2.51. The molecule has 0 aliphatic heterocycles. The van der Waals surface area contributed by atoms with E-state index < -0.39 is 34.0 Å². The molecule has 3 amide bonds. The highest BCUT2D eigenvalue weighted by Crippen LogP contribution is 2.24. The van der Waals surface area contributed by atoms with Crippen molar-refractivity contribution in [2.75, 3.05) is 4.72 Å². The predicted octanol–water partition coefficient (Wildman–Crippen LogP) is 3.42. The van der Waals surface area contributed by atoms with Gasteiger partial charge in [0.1, 0.15) is 0 Å². The van der Waals surface area contributed by atoms with Gasteiger partial charge in [-0.25, -0.2) is 18.0 Å². The molecule has 0 heterocycles. The van der Waals surface area contributed by atoms with Crippen molar-refractivity contribution in [1.29, 1.82) is 0 Å². The van der Waals surface area contributed by atoms with Gasteiger partial charge in [0.25, 0.3) is 15.9 Å². The van der Waals surface area contributed by atoms with Gasteiger partial charge in [0.2, 0.25) is 0 Å². The zero-order valence-electron chi connectivity index (χ0n) is 19.4. The molecule has 0 saturated heterocycles. The fourth-order valence-electron chi connectivity index (χ4n) is 3.73. The minimum absolute atomic E-state index is 0.0139. The van der Waals surface area contributed by atoms with Crippen molar-refractivity contribution in [3.63, 3.8) is 0 Å². The Morgan fingerprint density at radius 3 is 2.41 bits per heavy atom. The van der Waals surface area contributed by atoms with Crippen LogP contribution in [0, 0.1) is 13.8 Å². The van der Waals surface area contributed by atoms with Gasteiger partial charge in [-0.2, -0.15) is 0 Å². The molecule has 1 saturated carbocycles. The number of anilines is 1. The molecule has 182 valence electrons. The number of carbonyl (C=O) groups is 3. The number of sulfonamides is 1. The summed E-state index contributed by atoms with van der Waals surface area (Å²) < 4.78 is 33.6. The molecule has 0 radical (unpaired) electrons. The molecule has 0 aromatic heterocycles. The minimum Gasteiger partial charge on any atom is -0.449 e. The highest BCUT2D eigenvalue weighted by atomic mass is 32.2. The van der Waals surface area contributed by atoms with Gasteiger partial charge in [0, 0.05) is 6.04 Å². The van der Waals surface area contributed by atoms with E-state index in [9.17, 15) is 22.8 Å². The standard InChI is InChI=1S/C24H29N3O6S/c1-15-12-13-16(2)21(14-15)34(31,32)27-20-11-7-6-10-19(20)23(29)33-17(3)22(28)26-24(30)25-18-8-4-5-9-18/h6-7,10-14,17-18,27H,4-5,8-9H2,1-3H3,(H2,25,26,28,30). The first kappa shape index (κ1) is 25.2. The van der Waals surface area contributed by atoms with E-state index in [2.05, 4.69) is 15.4 Å². The molecule has 34 heavy (non-hydrogen) atoms. The van der Waals surface area contributed by atoms with E-state index in [1.807, 2.05) is 0 Å². The van der Waals surface area contributed by atoms with Crippen molar-refractivity contribution >= 4 is 33.6 Å². The molecule has 1 aliphatic carbocycles. The summed E-state index contributed by atoms with van der Waals surface area (Å²) in [5.41, 5.74) is 1.28. The molecule has 2 aromatic carbocycles. The molecule has 1 unspecified atom stereocenters. The van der Waals surface area contributed by atoms with Gasteiger partial charge in [0.15, 0.2) is 6.10 Å². The van der Waals surface area contributed by atoms with E-state index in [0.29, 0.717) is 5.56 Å². The molecule has 3 N–H and O–H groups in total. The first-order chi connectivity index (χ1) is 16.1. The summed E-state index contributed by atoms with van der Waals surface area (Å²) >= 11 is 0. The summed E-state index contributed by atoms with van der Waals surface area (Å²) in [7, 11) is -3.98. The lowest BCUT2D eigenvalue weighted by Gasteiger charge is -2.17. The van der Waals surface area contributed by atoms with Crippen LogP contribution in [0.2, 0.25) is 0 Å². The first-order valence-corrected chi connectivity index (χ1v) is 12.6. The number of benzene rings is 2. The maximum Gasteiger partial charge on any atom is 0.341 e. The van der Waals surface area contributed by atoms with Crippen LogP contribution < -0.4 is 15.4 Å². The topological polar surface area (TPSA) is 131 Å². The molecule has 0 spiro atoms. The number of carbonyl (C=O) groups excluding carboxylic acids is 3. The summed E-state index contributed by atoms with van der Waals surface area (Å²) in [5.74, 6) is -1.68. The lowest BCUT2D eigenvalue weighted by atomic mass is 10.2. The number of urea groups is 1. The molecule has 9 nitrogen and oxygen atoms in total. The molecule has 10 heteroatoms. The Bertz CT molecular complexity index is 1190. The number of hydrogen-bond acceptors (Lipinski definition) is 6. The summed E-state index contributed by atoms with van der Waals surface area (Å²) in [5, 5.41) is 4.89. The van der Waals surface area contributed by atoms with E-state index in [4.69, 9.17) is 4.74 Å². The zero-order chi connectivity index (χ0) is 24.9. The van der Waals surface area contributed by atoms with Crippen LogP contribution in [-0.4, -0.2) is 38.5 Å². The van der Waals surface area contributed by atoms with E-state index in [-0.39, 0.29) is 22.2 Å². The SMILES string of the molecule is Cc1ccc(C)c(S(=O)(=O)Nc2ccccc2C(=O)OC(C)C(=O)NC(=O)NC2CCCC2)c1. The van der Waals surface area contributed by atoms with Gasteiger partial charge in [-0.1, -0.05) is 37.1 Å². The average molecular weight is 488 g/mol. The van der Waals surface area contributed by atoms with Crippen molar-refractivity contribution < 1.29 is 27.5 Å². The normalized spacial score (nSPS) is 14.8. The smallest absolute Gasteiger partial charge is 0.341 e. The largest absolute Gasteiger partial charge is 0.449 e. The second-order valence-corrected chi connectivity index (χ2v) is 10.1. The van der Waals surface area contributed by atoms with Crippen molar-refractivity contribution in [2.45, 2.75) is 63.5 Å². The molecule has 2 aromatic rings. The van der Waals surface area contributed by atoms with Crippen LogP contribution in [0.25, 0.3) is 0 Å². The summed E-state index contributed by atoms with van der Waals surface area (Å²) in [6, 6.07) is 10.4. The van der Waals surface area contributed by atoms with Crippen LogP contribution in [0.15, 0.2) is 47.4 Å². The minimum atomic E-state index is -3.98. The number of esters is 1. The Kier molecular flexibility index (Phi) is 7.93. The Balaban J connectivity index is 1.68. The lowest BCUT2D eigenvalue weighted by Crippen LogP contribution is -2.47. The fraction of sp³-hybridized carbons (Fsp3) is 0.375. The van der Waals surface area contributed by atoms with E-state index in [1.165, 1.54) is 19.1 Å². The summed E-state index contributed by atoms with van der Waals surface area (Å²) in [6.45, 7) is 4.79. The van der Waals surface area contributed by atoms with Crippen LogP contribution in [0.3, 0.4) is 0 Å². The van der Waals surface area contributed by atoms with Gasteiger partial charge >= 0.3 is 12.0 Å². The van der Waals surface area contributed by atoms with Gasteiger partial charge in [-0.15, -0.1) is 0 Å². The Morgan fingerprint density at radius 1 is 1.03 bits per heavy atom. The first-order valence-electron chi connectivity index (χ1n) is 11.1. The van der Waals surface area contributed by atoms with Gasteiger partial charge in [0.05, 0.1) is 16.1 Å². The number of aryl methyl sites for hydroxylation is 2. The maximum absolute atomic E-state index is 13.0. The molecule has 1 fully saturated rings. The molecular weight excluding hydrogens is 458 g/mol. The Labute approximate surface area is 199 Å². The van der Waals surface area contributed by atoms with Gasteiger partial charge in [-0.05, 0) is 62.9 Å². The van der Waals surface area contributed by atoms with E-state index in [1.54, 1.807) is 44.2 Å². The molecule has 1 atom stereocenters. The number of hydrogen-bond donors (Lipinski definition) is 3. The van der Waals surface area contributed by atoms with Crippen molar-refractivity contribution in [3.05, 3.63) is 59.2 Å². The Morgan fingerprint density at radius 2 is 1.71 bits per heavy atom. The monoisotopic (exact) mass is 487 g/mol. The van der Waals surface area contributed by atoms with Crippen molar-refractivity contribution in [1.82, 2.24) is 10.6 Å². The molecule has 3 rings (SSSR count). The number of nitrogens with one attached hydrogen (secondary N) is 3. The average Bonchev–Trinajstić information content (AvgIpc) is 3.28. The van der Waals surface area contributed by atoms with Crippen LogP contribution in [-0.2, 0) is 19.6 Å². The predicted molar refractivity (Wildman–Crippen MR) is 127 cm³/mol. The number of para-hydroxylation sites is 1. The molecular formula is C24H29N3O6S. The van der Waals surface area contributed by atoms with Gasteiger partial charge in [-0.3, -0.25) is 14.8 Å². The van der Waals surface area contributed by atoms with E-state index in [0.717, 1.165) is 31.2 Å². The lowest BCUT2D eigenvalue weighted by molar-refractivity contribution is -0.127. The third-order valence-corrected chi connectivity index (χ3v) is 7.11. The number of amides is 3. The molecule has 0 bridgehead atoms. The Hall–Kier alpha value is -3.40. The van der Waals surface area contributed by atoms with Crippen LogP contribution in [0.1, 0.15) is 54.1 Å². The number of rotatable bonds is 7. The van der Waals surface area contributed by atoms with Crippen molar-refractivity contribution in [3.8, 4) is 0 Å². The third-order valence-electron chi connectivity index (χ3n) is 5.60.